The first kappa shape index (κ1) is 16.7. The molecule has 3 rings (SSSR count). The molecule has 1 amide bonds. The predicted octanol–water partition coefficient (Wildman–Crippen LogP) is 2.87. The molecule has 0 bridgehead atoms. The predicted molar refractivity (Wildman–Crippen MR) is 94.8 cm³/mol. The molecule has 0 aliphatic heterocycles. The lowest BCUT2D eigenvalue weighted by Gasteiger charge is -2.04. The van der Waals surface area contributed by atoms with E-state index in [0.29, 0.717) is 12.1 Å². The molecule has 0 saturated heterocycles. The highest BCUT2D eigenvalue weighted by Gasteiger charge is 2.13. The summed E-state index contributed by atoms with van der Waals surface area (Å²) >= 11 is 3.16. The number of para-hydroxylation sites is 1. The maximum absolute atomic E-state index is 12.1. The van der Waals surface area contributed by atoms with Crippen LogP contribution in [-0.4, -0.2) is 28.4 Å². The number of carbonyl (C=O) groups excluding carboxylic acids is 1. The van der Waals surface area contributed by atoms with Crippen molar-refractivity contribution in [2.45, 2.75) is 17.7 Å². The van der Waals surface area contributed by atoms with Crippen LogP contribution in [0.3, 0.4) is 0 Å². The zero-order chi connectivity index (χ0) is 16.9. The monoisotopic (exact) mass is 361 g/mol. The summed E-state index contributed by atoms with van der Waals surface area (Å²) in [5.41, 5.74) is -0.117. The number of aryl methyl sites for hydroxylation is 1. The molecule has 1 aromatic carbocycles. The molecular formula is C16H15N3O3S2. The van der Waals surface area contributed by atoms with Crippen LogP contribution >= 0.6 is 23.1 Å². The third-order valence-corrected chi connectivity index (χ3v) is 5.28. The maximum Gasteiger partial charge on any atom is 0.349 e. The Bertz CT molecular complexity index is 920. The molecule has 2 aromatic heterocycles. The second kappa shape index (κ2) is 7.59. The van der Waals surface area contributed by atoms with Crippen molar-refractivity contribution in [3.8, 4) is 0 Å². The maximum atomic E-state index is 12.1. The first-order valence-electron chi connectivity index (χ1n) is 7.37. The molecule has 24 heavy (non-hydrogen) atoms. The second-order valence-corrected chi connectivity index (χ2v) is 7.55. The van der Waals surface area contributed by atoms with Crippen LogP contribution in [0.15, 0.2) is 43.9 Å². The number of nitrogens with one attached hydrogen (secondary N) is 1. The molecular weight excluding hydrogens is 346 g/mol. The summed E-state index contributed by atoms with van der Waals surface area (Å²) in [6.07, 6.45) is 0.772. The Labute approximate surface area is 146 Å². The molecule has 8 heteroatoms. The number of hydrogen-bond donors (Lipinski definition) is 1. The molecule has 0 saturated carbocycles. The van der Waals surface area contributed by atoms with Crippen LogP contribution in [0.2, 0.25) is 0 Å². The van der Waals surface area contributed by atoms with E-state index in [2.05, 4.69) is 15.5 Å². The summed E-state index contributed by atoms with van der Waals surface area (Å²) in [4.78, 5) is 24.1. The van der Waals surface area contributed by atoms with Gasteiger partial charge >= 0.3 is 5.63 Å². The van der Waals surface area contributed by atoms with Gasteiger partial charge in [-0.25, -0.2) is 4.79 Å². The fourth-order valence-corrected chi connectivity index (χ4v) is 3.91. The Balaban J connectivity index is 1.53. The minimum atomic E-state index is -0.620. The number of hydrogen-bond acceptors (Lipinski definition) is 7. The summed E-state index contributed by atoms with van der Waals surface area (Å²) in [6, 6.07) is 8.68. The third kappa shape index (κ3) is 4.01. The Morgan fingerprint density at radius 1 is 1.33 bits per heavy atom. The van der Waals surface area contributed by atoms with Crippen molar-refractivity contribution < 1.29 is 9.21 Å². The highest BCUT2D eigenvalue weighted by Crippen LogP contribution is 2.22. The topological polar surface area (TPSA) is 85.1 Å². The van der Waals surface area contributed by atoms with Crippen molar-refractivity contribution in [2.24, 2.45) is 0 Å². The highest BCUT2D eigenvalue weighted by molar-refractivity contribution is 8.01. The van der Waals surface area contributed by atoms with Crippen LogP contribution in [0.4, 0.5) is 0 Å². The van der Waals surface area contributed by atoms with Gasteiger partial charge in [0, 0.05) is 17.7 Å². The lowest BCUT2D eigenvalue weighted by atomic mass is 10.2. The van der Waals surface area contributed by atoms with Crippen LogP contribution in [0.5, 0.6) is 0 Å². The van der Waals surface area contributed by atoms with Gasteiger partial charge in [0.1, 0.15) is 16.2 Å². The van der Waals surface area contributed by atoms with Gasteiger partial charge < -0.3 is 9.73 Å². The van der Waals surface area contributed by atoms with E-state index >= 15 is 0 Å². The largest absolute Gasteiger partial charge is 0.422 e. The standard InChI is InChI=1S/C16H15N3O3S2/c1-10-18-19-16(24-10)23-8-4-7-17-14(20)12-9-11-5-2-3-6-13(11)22-15(12)21/h2-3,5-6,9H,4,7-8H2,1H3,(H,17,20). The van der Waals surface area contributed by atoms with Gasteiger partial charge in [0.2, 0.25) is 0 Å². The third-order valence-electron chi connectivity index (χ3n) is 3.23. The smallest absolute Gasteiger partial charge is 0.349 e. The molecule has 0 atom stereocenters. The van der Waals surface area contributed by atoms with Crippen LogP contribution < -0.4 is 10.9 Å². The average molecular weight is 361 g/mol. The number of thioether (sulfide) groups is 1. The Kier molecular flexibility index (Phi) is 5.27. The normalized spacial score (nSPS) is 10.9. The summed E-state index contributed by atoms with van der Waals surface area (Å²) in [5.74, 6) is 0.410. The molecule has 0 aliphatic carbocycles. The van der Waals surface area contributed by atoms with E-state index < -0.39 is 11.5 Å². The number of amides is 1. The van der Waals surface area contributed by atoms with Crippen molar-refractivity contribution in [3.05, 3.63) is 51.3 Å². The van der Waals surface area contributed by atoms with E-state index in [1.54, 1.807) is 47.4 Å². The molecule has 2 heterocycles. The summed E-state index contributed by atoms with van der Waals surface area (Å²) in [6.45, 7) is 2.40. The van der Waals surface area contributed by atoms with E-state index in [4.69, 9.17) is 4.42 Å². The number of nitrogens with zero attached hydrogens (tertiary/aromatic N) is 2. The van der Waals surface area contributed by atoms with Crippen molar-refractivity contribution in [1.29, 1.82) is 0 Å². The summed E-state index contributed by atoms with van der Waals surface area (Å²) in [7, 11) is 0. The molecule has 0 fully saturated rings. The van der Waals surface area contributed by atoms with Crippen LogP contribution in [-0.2, 0) is 0 Å². The molecule has 0 aliphatic rings. The Morgan fingerprint density at radius 2 is 2.17 bits per heavy atom. The van der Waals surface area contributed by atoms with E-state index in [9.17, 15) is 9.59 Å². The van der Waals surface area contributed by atoms with Gasteiger partial charge in [-0.15, -0.1) is 10.2 Å². The number of fused-ring (bicyclic) bond motifs is 1. The molecule has 0 radical (unpaired) electrons. The van der Waals surface area contributed by atoms with Crippen molar-refractivity contribution in [3.63, 3.8) is 0 Å². The summed E-state index contributed by atoms with van der Waals surface area (Å²) in [5, 5.41) is 12.4. The number of rotatable bonds is 6. The van der Waals surface area contributed by atoms with Gasteiger partial charge in [-0.1, -0.05) is 41.3 Å². The first-order chi connectivity index (χ1) is 11.6. The minimum absolute atomic E-state index is 0.0288. The Hall–Kier alpha value is -2.19. The average Bonchev–Trinajstić information content (AvgIpc) is 2.99. The van der Waals surface area contributed by atoms with Gasteiger partial charge in [0.15, 0.2) is 4.34 Å². The van der Waals surface area contributed by atoms with Crippen LogP contribution in [0, 0.1) is 6.92 Å². The number of carbonyl (C=O) groups is 1. The molecule has 124 valence electrons. The molecule has 3 aromatic rings. The fourth-order valence-electron chi connectivity index (χ4n) is 2.09. The molecule has 1 N–H and O–H groups in total. The molecule has 0 unspecified atom stereocenters. The van der Waals surface area contributed by atoms with Crippen molar-refractivity contribution in [2.75, 3.05) is 12.3 Å². The van der Waals surface area contributed by atoms with Crippen molar-refractivity contribution in [1.82, 2.24) is 15.5 Å². The lowest BCUT2D eigenvalue weighted by Crippen LogP contribution is -2.29. The Morgan fingerprint density at radius 3 is 2.96 bits per heavy atom. The van der Waals surface area contributed by atoms with Crippen LogP contribution in [0.1, 0.15) is 21.8 Å². The number of benzene rings is 1. The SMILES string of the molecule is Cc1nnc(SCCCNC(=O)c2cc3ccccc3oc2=O)s1. The quantitative estimate of drug-likeness (QED) is 0.413. The van der Waals surface area contributed by atoms with Gasteiger partial charge in [0.25, 0.3) is 5.91 Å². The summed E-state index contributed by atoms with van der Waals surface area (Å²) < 4.78 is 6.09. The van der Waals surface area contributed by atoms with Gasteiger partial charge in [-0.2, -0.15) is 0 Å². The fraction of sp³-hybridized carbons (Fsp3) is 0.250. The van der Waals surface area contributed by atoms with Crippen molar-refractivity contribution >= 4 is 40.0 Å². The van der Waals surface area contributed by atoms with Gasteiger partial charge in [0.05, 0.1) is 0 Å². The van der Waals surface area contributed by atoms with Gasteiger partial charge in [-0.05, 0) is 25.5 Å². The first-order valence-corrected chi connectivity index (χ1v) is 9.18. The molecule has 0 spiro atoms. The highest BCUT2D eigenvalue weighted by atomic mass is 32.2. The van der Waals surface area contributed by atoms with Crippen LogP contribution in [0.25, 0.3) is 11.0 Å². The van der Waals surface area contributed by atoms with E-state index in [-0.39, 0.29) is 5.56 Å². The zero-order valence-corrected chi connectivity index (χ0v) is 14.6. The van der Waals surface area contributed by atoms with E-state index in [1.165, 1.54) is 0 Å². The second-order valence-electron chi connectivity index (χ2n) is 5.03. The van der Waals surface area contributed by atoms with E-state index in [1.807, 2.05) is 13.0 Å². The minimum Gasteiger partial charge on any atom is -0.422 e. The zero-order valence-electron chi connectivity index (χ0n) is 12.9. The van der Waals surface area contributed by atoms with Gasteiger partial charge in [-0.3, -0.25) is 4.79 Å². The lowest BCUT2D eigenvalue weighted by molar-refractivity contribution is 0.0950. The van der Waals surface area contributed by atoms with E-state index in [0.717, 1.165) is 26.9 Å². The number of aromatic nitrogens is 2. The molecule has 6 nitrogen and oxygen atoms in total.